The van der Waals surface area contributed by atoms with Crippen molar-refractivity contribution in [2.24, 2.45) is 0 Å². The van der Waals surface area contributed by atoms with Crippen molar-refractivity contribution in [2.45, 2.75) is 33.1 Å². The molecule has 1 aromatic rings. The molecule has 0 unspecified atom stereocenters. The molecule has 1 rings (SSSR count). The highest BCUT2D eigenvalue weighted by atomic mass is 79.9. The fourth-order valence-electron chi connectivity index (χ4n) is 2.53. The van der Waals surface area contributed by atoms with E-state index in [4.69, 9.17) is 0 Å². The summed E-state index contributed by atoms with van der Waals surface area (Å²) in [6, 6.07) is 8.95. The smallest absolute Gasteiger partial charge is 0.110 e. The summed E-state index contributed by atoms with van der Waals surface area (Å²) in [5.74, 6) is 0. The van der Waals surface area contributed by atoms with Gasteiger partial charge in [-0.1, -0.05) is 49.5 Å². The predicted molar refractivity (Wildman–Crippen MR) is 75.2 cm³/mol. The maximum Gasteiger partial charge on any atom is 0.110 e. The average Bonchev–Trinajstić information content (AvgIpc) is 2.04. The van der Waals surface area contributed by atoms with Crippen LogP contribution in [0.25, 0.3) is 0 Å². The van der Waals surface area contributed by atoms with Gasteiger partial charge in [0.25, 0.3) is 0 Å². The Morgan fingerprint density at radius 1 is 1.00 bits per heavy atom. The van der Waals surface area contributed by atoms with Crippen LogP contribution in [0.4, 0.5) is 0 Å². The molecule has 0 aliphatic carbocycles. The number of benzene rings is 1. The Labute approximate surface area is 118 Å². The third-order valence-electron chi connectivity index (χ3n) is 2.63. The molecule has 0 aromatic heterocycles. The van der Waals surface area contributed by atoms with E-state index in [1.807, 2.05) is 0 Å². The Morgan fingerprint density at radius 2 is 1.47 bits per heavy atom. The molecule has 0 spiro atoms. The van der Waals surface area contributed by atoms with Crippen LogP contribution in [0.15, 0.2) is 24.3 Å². The van der Waals surface area contributed by atoms with E-state index < -0.39 is 8.07 Å². The summed E-state index contributed by atoms with van der Waals surface area (Å²) in [5.41, 5.74) is 2.80. The first kappa shape index (κ1) is 16.9. The third-order valence-corrected chi connectivity index (χ3v) is 4.44. The molecule has 1 nitrogen and oxygen atoms in total. The first-order valence-corrected chi connectivity index (χ1v) is 9.76. The second-order valence-electron chi connectivity index (χ2n) is 6.80. The lowest BCUT2D eigenvalue weighted by atomic mass is 10.1. The summed E-state index contributed by atoms with van der Waals surface area (Å²) >= 11 is 0. The summed E-state index contributed by atoms with van der Waals surface area (Å²) in [6.07, 6.45) is 1.33. The van der Waals surface area contributed by atoms with Crippen molar-refractivity contribution >= 4 is 8.07 Å². The molecule has 0 saturated carbocycles. The molecule has 0 fully saturated rings. The van der Waals surface area contributed by atoms with Crippen molar-refractivity contribution in [1.29, 1.82) is 0 Å². The highest BCUT2D eigenvalue weighted by Crippen LogP contribution is 2.14. The fraction of sp³-hybridized carbons (Fsp3) is 0.571. The van der Waals surface area contributed by atoms with Gasteiger partial charge in [-0.3, -0.25) is 0 Å². The summed E-state index contributed by atoms with van der Waals surface area (Å²) < 4.78 is 1.11. The number of rotatable bonds is 4. The van der Waals surface area contributed by atoms with Crippen LogP contribution in [0.5, 0.6) is 0 Å². The topological polar surface area (TPSA) is 0 Å². The van der Waals surface area contributed by atoms with Crippen LogP contribution >= 0.6 is 0 Å². The van der Waals surface area contributed by atoms with Crippen molar-refractivity contribution in [3.05, 3.63) is 35.4 Å². The van der Waals surface area contributed by atoms with E-state index in [0.29, 0.717) is 0 Å². The molecule has 0 bridgehead atoms. The van der Waals surface area contributed by atoms with E-state index in [0.717, 1.165) is 11.0 Å². The molecule has 0 N–H and O–H groups in total. The zero-order chi connectivity index (χ0) is 12.4. The van der Waals surface area contributed by atoms with E-state index in [9.17, 15) is 0 Å². The molecule has 3 heteroatoms. The molecule has 17 heavy (non-hydrogen) atoms. The van der Waals surface area contributed by atoms with E-state index >= 15 is 0 Å². The molecular weight excluding hydrogens is 290 g/mol. The van der Waals surface area contributed by atoms with Gasteiger partial charge in [-0.05, 0) is 6.92 Å². The monoisotopic (exact) mass is 315 g/mol. The maximum absolute atomic E-state index is 2.45. The molecule has 98 valence electrons. The van der Waals surface area contributed by atoms with Crippen LogP contribution in [0, 0.1) is 6.92 Å². The second-order valence-corrected chi connectivity index (χ2v) is 12.2. The van der Waals surface area contributed by atoms with E-state index in [-0.39, 0.29) is 17.0 Å². The molecule has 1 aromatic carbocycles. The number of halogens is 1. The molecule has 0 heterocycles. The fourth-order valence-corrected chi connectivity index (χ4v) is 5.21. The summed E-state index contributed by atoms with van der Waals surface area (Å²) in [7, 11) is 3.71. The Balaban J connectivity index is 0.00000256. The normalized spacial score (nSPS) is 12.1. The standard InChI is InChI=1S/C14H26NSi.BrH/c1-13-7-9-14(10-8-13)11-15(2,3)12-16(4,5)6;/h7-10H,11-12H2,1-6H3;1H/q+1;/p-1. The van der Waals surface area contributed by atoms with Crippen molar-refractivity contribution in [2.75, 3.05) is 20.3 Å². The van der Waals surface area contributed by atoms with Gasteiger partial charge in [0.15, 0.2) is 0 Å². The lowest BCUT2D eigenvalue weighted by Gasteiger charge is -2.35. The van der Waals surface area contributed by atoms with Crippen molar-refractivity contribution in [3.8, 4) is 0 Å². The van der Waals surface area contributed by atoms with Gasteiger partial charge in [0.2, 0.25) is 0 Å². The van der Waals surface area contributed by atoms with Crippen LogP contribution in [-0.4, -0.2) is 32.8 Å². The molecular formula is C14H26BrNSi. The van der Waals surface area contributed by atoms with Gasteiger partial charge in [0.05, 0.1) is 20.3 Å². The van der Waals surface area contributed by atoms with Gasteiger partial charge in [0, 0.05) is 5.56 Å². The number of hydrogen-bond acceptors (Lipinski definition) is 0. The highest BCUT2D eigenvalue weighted by Gasteiger charge is 2.26. The summed E-state index contributed by atoms with van der Waals surface area (Å²) in [4.78, 5) is 0. The lowest BCUT2D eigenvalue weighted by molar-refractivity contribution is -0.894. The van der Waals surface area contributed by atoms with Crippen LogP contribution in [0.1, 0.15) is 11.1 Å². The van der Waals surface area contributed by atoms with E-state index in [1.54, 1.807) is 0 Å². The van der Waals surface area contributed by atoms with Crippen LogP contribution in [-0.2, 0) is 6.54 Å². The lowest BCUT2D eigenvalue weighted by Crippen LogP contribution is -3.00. The zero-order valence-corrected chi connectivity index (χ0v) is 14.6. The summed E-state index contributed by atoms with van der Waals surface area (Å²) in [6.45, 7) is 10.6. The Kier molecular flexibility index (Phi) is 6.12. The van der Waals surface area contributed by atoms with Crippen LogP contribution in [0.3, 0.4) is 0 Å². The first-order chi connectivity index (χ1) is 7.18. The zero-order valence-electron chi connectivity index (χ0n) is 12.0. The molecule has 0 aliphatic heterocycles. The Morgan fingerprint density at radius 3 is 1.88 bits per heavy atom. The number of nitrogens with zero attached hydrogens (tertiary/aromatic N) is 1. The quantitative estimate of drug-likeness (QED) is 0.559. The Hall–Kier alpha value is -0.123. The van der Waals surface area contributed by atoms with Crippen molar-refractivity contribution < 1.29 is 21.5 Å². The van der Waals surface area contributed by atoms with E-state index in [2.05, 4.69) is 64.9 Å². The van der Waals surface area contributed by atoms with Crippen LogP contribution < -0.4 is 17.0 Å². The largest absolute Gasteiger partial charge is 1.00 e. The average molecular weight is 316 g/mol. The second kappa shape index (κ2) is 6.16. The molecule has 0 saturated heterocycles. The first-order valence-electron chi connectivity index (χ1n) is 6.06. The number of hydrogen-bond donors (Lipinski definition) is 0. The molecule has 0 atom stereocenters. The SMILES string of the molecule is Cc1ccc(C[N+](C)(C)C[Si](C)(C)C)cc1.[Br-]. The minimum absolute atomic E-state index is 0. The van der Waals surface area contributed by atoms with Gasteiger partial charge in [-0.15, -0.1) is 0 Å². The number of aryl methyl sites for hydroxylation is 1. The van der Waals surface area contributed by atoms with Gasteiger partial charge < -0.3 is 21.5 Å². The number of quaternary nitrogens is 1. The van der Waals surface area contributed by atoms with Gasteiger partial charge in [-0.2, -0.15) is 0 Å². The maximum atomic E-state index is 2.45. The van der Waals surface area contributed by atoms with Gasteiger partial charge in [0.1, 0.15) is 14.6 Å². The van der Waals surface area contributed by atoms with Gasteiger partial charge in [-0.25, -0.2) is 0 Å². The molecule has 0 aliphatic rings. The van der Waals surface area contributed by atoms with Crippen LogP contribution in [0.2, 0.25) is 19.6 Å². The predicted octanol–water partition coefficient (Wildman–Crippen LogP) is 0.453. The molecule has 0 radical (unpaired) electrons. The highest BCUT2D eigenvalue weighted by molar-refractivity contribution is 6.75. The minimum Gasteiger partial charge on any atom is -1.00 e. The molecule has 0 amide bonds. The Bertz CT molecular complexity index is 338. The minimum atomic E-state index is -0.985. The third kappa shape index (κ3) is 7.01. The van der Waals surface area contributed by atoms with Crippen molar-refractivity contribution in [1.82, 2.24) is 0 Å². The van der Waals surface area contributed by atoms with E-state index in [1.165, 1.54) is 17.3 Å². The summed E-state index contributed by atoms with van der Waals surface area (Å²) in [5, 5.41) is 0. The van der Waals surface area contributed by atoms with Gasteiger partial charge >= 0.3 is 0 Å². The van der Waals surface area contributed by atoms with Crippen molar-refractivity contribution in [3.63, 3.8) is 0 Å².